The number of hydrogen-bond donors (Lipinski definition) is 1. The van der Waals surface area contributed by atoms with Gasteiger partial charge >= 0.3 is 0 Å². The molecule has 1 heterocycles. The summed E-state index contributed by atoms with van der Waals surface area (Å²) in [5.74, 6) is 0.490. The smallest absolute Gasteiger partial charge is 0.255 e. The first-order chi connectivity index (χ1) is 8.95. The summed E-state index contributed by atoms with van der Waals surface area (Å²) in [6.45, 7) is 5.80. The fourth-order valence-electron chi connectivity index (χ4n) is 1.67. The van der Waals surface area contributed by atoms with Crippen molar-refractivity contribution in [3.63, 3.8) is 0 Å². The second kappa shape index (κ2) is 7.31. The highest BCUT2D eigenvalue weighted by Crippen LogP contribution is 2.18. The molecule has 0 radical (unpaired) electrons. The van der Waals surface area contributed by atoms with E-state index < -0.39 is 0 Å². The maximum Gasteiger partial charge on any atom is 0.255 e. The molecule has 0 spiro atoms. The standard InChI is InChI=1S/C13H20ClN3O2/c1-9(2)8-17(4-5-19-3)13(18)10-6-11(14)12(15)16-7-10/h6-7,9H,4-5,8H2,1-3H3,(H2,15,16). The average molecular weight is 286 g/mol. The molecule has 19 heavy (non-hydrogen) atoms. The molecule has 0 unspecified atom stereocenters. The highest BCUT2D eigenvalue weighted by molar-refractivity contribution is 6.33. The minimum Gasteiger partial charge on any atom is -0.383 e. The Kier molecular flexibility index (Phi) is 6.05. The first-order valence-electron chi connectivity index (χ1n) is 6.15. The van der Waals surface area contributed by atoms with E-state index in [9.17, 15) is 4.79 Å². The Morgan fingerprint density at radius 3 is 2.79 bits per heavy atom. The topological polar surface area (TPSA) is 68.5 Å². The minimum atomic E-state index is -0.111. The molecule has 0 atom stereocenters. The molecule has 1 rings (SSSR count). The predicted octanol–water partition coefficient (Wildman–Crippen LogP) is 2.06. The number of halogens is 1. The number of ether oxygens (including phenoxy) is 1. The van der Waals surface area contributed by atoms with Gasteiger partial charge < -0.3 is 15.4 Å². The van der Waals surface area contributed by atoms with Gasteiger partial charge in [-0.3, -0.25) is 4.79 Å². The van der Waals surface area contributed by atoms with E-state index in [1.54, 1.807) is 18.1 Å². The van der Waals surface area contributed by atoms with Gasteiger partial charge in [0.1, 0.15) is 5.82 Å². The van der Waals surface area contributed by atoms with E-state index in [1.165, 1.54) is 6.20 Å². The van der Waals surface area contributed by atoms with Crippen LogP contribution in [0.15, 0.2) is 12.3 Å². The van der Waals surface area contributed by atoms with E-state index in [0.717, 1.165) is 0 Å². The van der Waals surface area contributed by atoms with Crippen LogP contribution in [0.3, 0.4) is 0 Å². The zero-order valence-electron chi connectivity index (χ0n) is 11.5. The summed E-state index contributed by atoms with van der Waals surface area (Å²) in [6, 6.07) is 1.55. The van der Waals surface area contributed by atoms with Gasteiger partial charge in [0.2, 0.25) is 0 Å². The summed E-state index contributed by atoms with van der Waals surface area (Å²) < 4.78 is 5.03. The van der Waals surface area contributed by atoms with Gasteiger partial charge in [0.05, 0.1) is 17.2 Å². The molecule has 0 aliphatic heterocycles. The van der Waals surface area contributed by atoms with Crippen LogP contribution in [0.25, 0.3) is 0 Å². The number of carbonyl (C=O) groups excluding carboxylic acids is 1. The molecule has 0 aliphatic rings. The molecule has 106 valence electrons. The molecule has 1 aromatic rings. The van der Waals surface area contributed by atoms with Crippen LogP contribution in [0, 0.1) is 5.92 Å². The van der Waals surface area contributed by atoms with E-state index in [0.29, 0.717) is 36.2 Å². The van der Waals surface area contributed by atoms with E-state index in [-0.39, 0.29) is 11.7 Å². The Morgan fingerprint density at radius 1 is 1.58 bits per heavy atom. The third kappa shape index (κ3) is 4.69. The lowest BCUT2D eigenvalue weighted by Gasteiger charge is -2.24. The van der Waals surface area contributed by atoms with Crippen molar-refractivity contribution in [1.29, 1.82) is 0 Å². The van der Waals surface area contributed by atoms with Crippen LogP contribution in [0.1, 0.15) is 24.2 Å². The largest absolute Gasteiger partial charge is 0.383 e. The summed E-state index contributed by atoms with van der Waals surface area (Å²) in [4.78, 5) is 18.0. The van der Waals surface area contributed by atoms with Crippen LogP contribution in [0.2, 0.25) is 5.02 Å². The van der Waals surface area contributed by atoms with Crippen molar-refractivity contribution in [2.75, 3.05) is 32.5 Å². The van der Waals surface area contributed by atoms with Gasteiger partial charge in [0.15, 0.2) is 0 Å². The van der Waals surface area contributed by atoms with Gasteiger partial charge in [-0.1, -0.05) is 25.4 Å². The molecule has 2 N–H and O–H groups in total. The van der Waals surface area contributed by atoms with Crippen LogP contribution in [-0.2, 0) is 4.74 Å². The van der Waals surface area contributed by atoms with Crippen molar-refractivity contribution < 1.29 is 9.53 Å². The molecular weight excluding hydrogens is 266 g/mol. The first-order valence-corrected chi connectivity index (χ1v) is 6.52. The Bertz CT molecular complexity index is 438. The normalized spacial score (nSPS) is 10.8. The van der Waals surface area contributed by atoms with E-state index >= 15 is 0 Å². The van der Waals surface area contributed by atoms with Crippen LogP contribution in [-0.4, -0.2) is 42.6 Å². The Hall–Kier alpha value is -1.33. The van der Waals surface area contributed by atoms with Gasteiger partial charge in [-0.05, 0) is 12.0 Å². The molecule has 5 nitrogen and oxygen atoms in total. The lowest BCUT2D eigenvalue weighted by molar-refractivity contribution is 0.0672. The third-order valence-electron chi connectivity index (χ3n) is 2.55. The summed E-state index contributed by atoms with van der Waals surface area (Å²) in [5, 5.41) is 0.294. The predicted molar refractivity (Wildman–Crippen MR) is 76.3 cm³/mol. The number of carbonyl (C=O) groups is 1. The molecule has 0 fully saturated rings. The Balaban J connectivity index is 2.87. The summed E-state index contributed by atoms with van der Waals surface area (Å²) in [5.41, 5.74) is 5.98. The number of amides is 1. The third-order valence-corrected chi connectivity index (χ3v) is 2.86. The number of methoxy groups -OCH3 is 1. The molecule has 0 bridgehead atoms. The van der Waals surface area contributed by atoms with Crippen LogP contribution in [0.5, 0.6) is 0 Å². The monoisotopic (exact) mass is 285 g/mol. The number of anilines is 1. The molecule has 1 aromatic heterocycles. The molecule has 6 heteroatoms. The van der Waals surface area contributed by atoms with E-state index in [1.807, 2.05) is 0 Å². The maximum atomic E-state index is 12.4. The lowest BCUT2D eigenvalue weighted by atomic mass is 10.1. The van der Waals surface area contributed by atoms with Gasteiger partial charge in [0.25, 0.3) is 5.91 Å². The maximum absolute atomic E-state index is 12.4. The molecule has 1 amide bonds. The number of aromatic nitrogens is 1. The molecule has 0 saturated carbocycles. The first kappa shape index (κ1) is 15.7. The second-order valence-corrected chi connectivity index (χ2v) is 5.14. The summed E-state index contributed by atoms with van der Waals surface area (Å²) >= 11 is 5.89. The van der Waals surface area contributed by atoms with E-state index in [4.69, 9.17) is 22.1 Å². The summed E-state index contributed by atoms with van der Waals surface area (Å²) in [7, 11) is 1.61. The van der Waals surface area contributed by atoms with Crippen molar-refractivity contribution in [3.05, 3.63) is 22.8 Å². The van der Waals surface area contributed by atoms with Gasteiger partial charge in [0, 0.05) is 26.4 Å². The molecular formula is C13H20ClN3O2. The fraction of sp³-hybridized carbons (Fsp3) is 0.538. The average Bonchev–Trinajstić information content (AvgIpc) is 2.36. The Morgan fingerprint density at radius 2 is 2.26 bits per heavy atom. The zero-order valence-corrected chi connectivity index (χ0v) is 12.3. The van der Waals surface area contributed by atoms with Crippen LogP contribution in [0.4, 0.5) is 5.82 Å². The number of hydrogen-bond acceptors (Lipinski definition) is 4. The second-order valence-electron chi connectivity index (χ2n) is 4.73. The van der Waals surface area contributed by atoms with Crippen LogP contribution < -0.4 is 5.73 Å². The quantitative estimate of drug-likeness (QED) is 0.869. The molecule has 0 aliphatic carbocycles. The van der Waals surface area contributed by atoms with E-state index in [2.05, 4.69) is 18.8 Å². The molecule has 0 saturated heterocycles. The minimum absolute atomic E-state index is 0.111. The highest BCUT2D eigenvalue weighted by Gasteiger charge is 2.18. The van der Waals surface area contributed by atoms with Crippen molar-refractivity contribution >= 4 is 23.3 Å². The lowest BCUT2D eigenvalue weighted by Crippen LogP contribution is -2.36. The fourth-order valence-corrected chi connectivity index (χ4v) is 1.83. The van der Waals surface area contributed by atoms with Crippen LogP contribution >= 0.6 is 11.6 Å². The van der Waals surface area contributed by atoms with Gasteiger partial charge in [-0.15, -0.1) is 0 Å². The molecule has 0 aromatic carbocycles. The zero-order chi connectivity index (χ0) is 14.4. The number of nitrogens with zero attached hydrogens (tertiary/aromatic N) is 2. The van der Waals surface area contributed by atoms with Crippen molar-refractivity contribution in [2.24, 2.45) is 5.92 Å². The summed E-state index contributed by atoms with van der Waals surface area (Å²) in [6.07, 6.45) is 1.45. The number of nitrogen functional groups attached to an aromatic ring is 1. The van der Waals surface area contributed by atoms with Gasteiger partial charge in [-0.25, -0.2) is 4.98 Å². The number of pyridine rings is 1. The number of rotatable bonds is 6. The van der Waals surface area contributed by atoms with Crippen molar-refractivity contribution in [2.45, 2.75) is 13.8 Å². The highest BCUT2D eigenvalue weighted by atomic mass is 35.5. The van der Waals surface area contributed by atoms with Crippen molar-refractivity contribution in [3.8, 4) is 0 Å². The van der Waals surface area contributed by atoms with Gasteiger partial charge in [-0.2, -0.15) is 0 Å². The van der Waals surface area contributed by atoms with Crippen molar-refractivity contribution in [1.82, 2.24) is 9.88 Å². The Labute approximate surface area is 118 Å². The SMILES string of the molecule is COCCN(CC(C)C)C(=O)c1cnc(N)c(Cl)c1. The number of nitrogens with two attached hydrogens (primary N) is 1.